The zero-order chi connectivity index (χ0) is 15.4. The molecule has 1 unspecified atom stereocenters. The number of hydrogen-bond acceptors (Lipinski definition) is 4. The van der Waals surface area contributed by atoms with Gasteiger partial charge in [0, 0.05) is 12.6 Å². The number of nitrogens with zero attached hydrogens (tertiary/aromatic N) is 2. The molecule has 0 aliphatic heterocycles. The minimum atomic E-state index is -0.159. The number of rotatable bonds is 5. The Hall–Kier alpha value is -2.30. The van der Waals surface area contributed by atoms with Crippen molar-refractivity contribution < 1.29 is 14.1 Å². The van der Waals surface area contributed by atoms with Gasteiger partial charge in [-0.3, -0.25) is 4.79 Å². The summed E-state index contributed by atoms with van der Waals surface area (Å²) in [5.74, 6) is 0.885. The van der Waals surface area contributed by atoms with E-state index in [0.29, 0.717) is 12.2 Å². The smallest absolute Gasteiger partial charge is 0.292 e. The summed E-state index contributed by atoms with van der Waals surface area (Å²) in [4.78, 5) is 14.3. The molecule has 0 N–H and O–H groups in total. The fourth-order valence-electron chi connectivity index (χ4n) is 2.28. The first-order chi connectivity index (χ1) is 10.1. The lowest BCUT2D eigenvalue weighted by molar-refractivity contribution is 0.0659. The average Bonchev–Trinajstić information content (AvgIpc) is 2.94. The molecule has 112 valence electrons. The molecule has 5 heteroatoms. The van der Waals surface area contributed by atoms with Crippen molar-refractivity contribution in [1.82, 2.24) is 10.1 Å². The zero-order valence-corrected chi connectivity index (χ0v) is 12.8. The van der Waals surface area contributed by atoms with Crippen molar-refractivity contribution in [3.8, 4) is 5.75 Å². The number of hydrogen-bond donors (Lipinski definition) is 0. The molecule has 0 aliphatic carbocycles. The van der Waals surface area contributed by atoms with Gasteiger partial charge in [0.2, 0.25) is 5.76 Å². The van der Waals surface area contributed by atoms with Crippen molar-refractivity contribution in [2.24, 2.45) is 0 Å². The maximum absolute atomic E-state index is 12.5. The van der Waals surface area contributed by atoms with Crippen molar-refractivity contribution in [1.29, 1.82) is 0 Å². The highest BCUT2D eigenvalue weighted by Gasteiger charge is 2.24. The number of ether oxygens (including phenoxy) is 1. The highest BCUT2D eigenvalue weighted by Crippen LogP contribution is 2.25. The van der Waals surface area contributed by atoms with Gasteiger partial charge in [0.25, 0.3) is 5.91 Å². The number of aromatic nitrogens is 1. The second kappa shape index (κ2) is 6.43. The molecule has 0 saturated heterocycles. The quantitative estimate of drug-likeness (QED) is 0.847. The largest absolute Gasteiger partial charge is 0.497 e. The van der Waals surface area contributed by atoms with Gasteiger partial charge < -0.3 is 14.2 Å². The Labute approximate surface area is 124 Å². The minimum absolute atomic E-state index is 0.0805. The summed E-state index contributed by atoms with van der Waals surface area (Å²) in [6.45, 7) is 6.30. The molecule has 1 heterocycles. The Morgan fingerprint density at radius 3 is 2.76 bits per heavy atom. The maximum Gasteiger partial charge on any atom is 0.292 e. The van der Waals surface area contributed by atoms with E-state index in [0.717, 1.165) is 11.3 Å². The van der Waals surface area contributed by atoms with Gasteiger partial charge in [-0.25, -0.2) is 0 Å². The summed E-state index contributed by atoms with van der Waals surface area (Å²) >= 11 is 0. The number of benzene rings is 1. The summed E-state index contributed by atoms with van der Waals surface area (Å²) in [6, 6.07) is 9.29. The van der Waals surface area contributed by atoms with Crippen LogP contribution in [-0.2, 0) is 0 Å². The third-order valence-electron chi connectivity index (χ3n) is 3.48. The lowest BCUT2D eigenvalue weighted by atomic mass is 10.1. The molecule has 2 aromatic rings. The van der Waals surface area contributed by atoms with Crippen molar-refractivity contribution in [3.63, 3.8) is 0 Å². The standard InChI is InChI=1S/C16H20N2O3/c1-5-18(16(19)15-9-11(2)17-21-15)12(3)13-7-6-8-14(10-13)20-4/h6-10,12H,5H2,1-4H3. The molecular weight excluding hydrogens is 268 g/mol. The molecule has 0 bridgehead atoms. The molecule has 1 amide bonds. The van der Waals surface area contributed by atoms with Crippen LogP contribution in [-0.4, -0.2) is 29.6 Å². The third kappa shape index (κ3) is 3.24. The van der Waals surface area contributed by atoms with E-state index in [-0.39, 0.29) is 17.7 Å². The molecule has 5 nitrogen and oxygen atoms in total. The van der Waals surface area contributed by atoms with Gasteiger partial charge in [0.15, 0.2) is 0 Å². The highest BCUT2D eigenvalue weighted by atomic mass is 16.5. The fourth-order valence-corrected chi connectivity index (χ4v) is 2.28. The summed E-state index contributed by atoms with van der Waals surface area (Å²) in [5.41, 5.74) is 1.71. The molecule has 1 atom stereocenters. The van der Waals surface area contributed by atoms with E-state index in [4.69, 9.17) is 9.26 Å². The summed E-state index contributed by atoms with van der Waals surface area (Å²) in [6.07, 6.45) is 0. The highest BCUT2D eigenvalue weighted by molar-refractivity contribution is 5.91. The molecule has 1 aromatic heterocycles. The van der Waals surface area contributed by atoms with E-state index in [9.17, 15) is 4.79 Å². The molecule has 2 rings (SSSR count). The molecule has 0 aliphatic rings. The van der Waals surface area contributed by atoms with Crippen LogP contribution in [0, 0.1) is 6.92 Å². The van der Waals surface area contributed by atoms with Gasteiger partial charge in [-0.05, 0) is 38.5 Å². The van der Waals surface area contributed by atoms with Gasteiger partial charge in [-0.2, -0.15) is 0 Å². The first-order valence-corrected chi connectivity index (χ1v) is 6.95. The Bertz CT molecular complexity index is 621. The Balaban J connectivity index is 2.25. The Morgan fingerprint density at radius 1 is 1.43 bits per heavy atom. The average molecular weight is 288 g/mol. The molecular formula is C16H20N2O3. The topological polar surface area (TPSA) is 55.6 Å². The van der Waals surface area contributed by atoms with Crippen molar-refractivity contribution in [2.75, 3.05) is 13.7 Å². The maximum atomic E-state index is 12.5. The van der Waals surface area contributed by atoms with E-state index in [1.54, 1.807) is 25.0 Å². The minimum Gasteiger partial charge on any atom is -0.497 e. The molecule has 0 radical (unpaired) electrons. The van der Waals surface area contributed by atoms with E-state index in [2.05, 4.69) is 5.16 Å². The van der Waals surface area contributed by atoms with Crippen LogP contribution in [0.1, 0.15) is 41.7 Å². The van der Waals surface area contributed by atoms with Gasteiger partial charge in [0.05, 0.1) is 18.8 Å². The number of aryl methyl sites for hydroxylation is 1. The molecule has 0 fully saturated rings. The Morgan fingerprint density at radius 2 is 2.19 bits per heavy atom. The van der Waals surface area contributed by atoms with E-state index < -0.39 is 0 Å². The van der Waals surface area contributed by atoms with Gasteiger partial charge >= 0.3 is 0 Å². The van der Waals surface area contributed by atoms with Crippen LogP contribution in [0.3, 0.4) is 0 Å². The second-order valence-corrected chi connectivity index (χ2v) is 4.88. The van der Waals surface area contributed by atoms with Gasteiger partial charge in [-0.1, -0.05) is 17.3 Å². The van der Waals surface area contributed by atoms with E-state index >= 15 is 0 Å². The summed E-state index contributed by atoms with van der Waals surface area (Å²) in [5, 5.41) is 3.77. The van der Waals surface area contributed by atoms with Crippen LogP contribution in [0.2, 0.25) is 0 Å². The summed E-state index contributed by atoms with van der Waals surface area (Å²) < 4.78 is 10.3. The fraction of sp³-hybridized carbons (Fsp3) is 0.375. The van der Waals surface area contributed by atoms with Gasteiger partial charge in [0.1, 0.15) is 5.75 Å². The monoisotopic (exact) mass is 288 g/mol. The van der Waals surface area contributed by atoms with Gasteiger partial charge in [-0.15, -0.1) is 0 Å². The van der Waals surface area contributed by atoms with Crippen LogP contribution >= 0.6 is 0 Å². The van der Waals surface area contributed by atoms with Crippen LogP contribution < -0.4 is 4.74 Å². The Kier molecular flexibility index (Phi) is 4.62. The molecule has 0 saturated carbocycles. The van der Waals surface area contributed by atoms with Crippen molar-refractivity contribution in [2.45, 2.75) is 26.8 Å². The molecule has 21 heavy (non-hydrogen) atoms. The van der Waals surface area contributed by atoms with Crippen molar-refractivity contribution in [3.05, 3.63) is 47.3 Å². The lowest BCUT2D eigenvalue weighted by Gasteiger charge is -2.27. The predicted molar refractivity (Wildman–Crippen MR) is 79.4 cm³/mol. The SMILES string of the molecule is CCN(C(=O)c1cc(C)no1)C(C)c1cccc(OC)c1. The van der Waals surface area contributed by atoms with Crippen LogP contribution in [0.15, 0.2) is 34.9 Å². The van der Waals surface area contributed by atoms with E-state index in [1.807, 2.05) is 38.1 Å². The first-order valence-electron chi connectivity index (χ1n) is 6.95. The predicted octanol–water partition coefficient (Wildman–Crippen LogP) is 3.21. The van der Waals surface area contributed by atoms with Crippen LogP contribution in [0.4, 0.5) is 0 Å². The first kappa shape index (κ1) is 15.1. The molecule has 0 spiro atoms. The zero-order valence-electron chi connectivity index (χ0n) is 12.8. The van der Waals surface area contributed by atoms with Crippen LogP contribution in [0.5, 0.6) is 5.75 Å². The van der Waals surface area contributed by atoms with Crippen molar-refractivity contribution >= 4 is 5.91 Å². The second-order valence-electron chi connectivity index (χ2n) is 4.88. The normalized spacial score (nSPS) is 12.0. The van der Waals surface area contributed by atoms with E-state index in [1.165, 1.54) is 0 Å². The third-order valence-corrected chi connectivity index (χ3v) is 3.48. The van der Waals surface area contributed by atoms with Crippen LogP contribution in [0.25, 0.3) is 0 Å². The lowest BCUT2D eigenvalue weighted by Crippen LogP contribution is -2.33. The number of methoxy groups -OCH3 is 1. The number of carbonyl (C=O) groups excluding carboxylic acids is 1. The molecule has 1 aromatic carbocycles. The number of carbonyl (C=O) groups is 1. The summed E-state index contributed by atoms with van der Waals surface area (Å²) in [7, 11) is 1.63. The number of amides is 1.